The predicted octanol–water partition coefficient (Wildman–Crippen LogP) is 1.43. The van der Waals surface area contributed by atoms with Crippen molar-refractivity contribution < 1.29 is 23.8 Å². The Balaban J connectivity index is 1.52. The predicted molar refractivity (Wildman–Crippen MR) is 94.3 cm³/mol. The van der Waals surface area contributed by atoms with Gasteiger partial charge in [-0.2, -0.15) is 0 Å². The first-order valence-corrected chi connectivity index (χ1v) is 9.09. The fourth-order valence-corrected chi connectivity index (χ4v) is 3.14. The summed E-state index contributed by atoms with van der Waals surface area (Å²) in [6, 6.07) is 5.78. The Labute approximate surface area is 154 Å². The van der Waals surface area contributed by atoms with Gasteiger partial charge in [-0.05, 0) is 24.6 Å². The van der Waals surface area contributed by atoms with Crippen LogP contribution in [0.2, 0.25) is 0 Å². The number of fused-ring (bicyclic) bond motifs is 1. The van der Waals surface area contributed by atoms with E-state index < -0.39 is 5.97 Å². The van der Waals surface area contributed by atoms with Crippen LogP contribution in [-0.2, 0) is 20.9 Å². The fraction of sp³-hybridized carbons (Fsp3) is 0.353. The van der Waals surface area contributed by atoms with Crippen molar-refractivity contribution in [2.75, 3.05) is 25.7 Å². The Morgan fingerprint density at radius 2 is 2.19 bits per heavy atom. The number of ether oxygens (including phenoxy) is 3. The minimum absolute atomic E-state index is 0.126. The van der Waals surface area contributed by atoms with Crippen LogP contribution in [0.3, 0.4) is 0 Å². The molecule has 0 radical (unpaired) electrons. The third-order valence-electron chi connectivity index (χ3n) is 3.53. The molecule has 1 aliphatic rings. The molecule has 2 heterocycles. The van der Waals surface area contributed by atoms with Crippen LogP contribution in [0.15, 0.2) is 35.7 Å². The van der Waals surface area contributed by atoms with Crippen molar-refractivity contribution in [1.29, 1.82) is 0 Å². The van der Waals surface area contributed by atoms with Gasteiger partial charge in [-0.15, -0.1) is 0 Å². The average Bonchev–Trinajstić information content (AvgIpc) is 3.27. The second kappa shape index (κ2) is 8.61. The van der Waals surface area contributed by atoms with Gasteiger partial charge in [0, 0.05) is 18.9 Å². The molecule has 1 N–H and O–H groups in total. The number of nitrogens with one attached hydrogen (secondary N) is 1. The van der Waals surface area contributed by atoms with Crippen molar-refractivity contribution >= 4 is 23.6 Å². The molecule has 0 bridgehead atoms. The van der Waals surface area contributed by atoms with Crippen molar-refractivity contribution in [2.24, 2.45) is 0 Å². The van der Waals surface area contributed by atoms with Crippen LogP contribution >= 0.6 is 11.8 Å². The monoisotopic (exact) mass is 377 g/mol. The zero-order valence-corrected chi connectivity index (χ0v) is 15.1. The van der Waals surface area contributed by atoms with Crippen LogP contribution in [0, 0.1) is 0 Å². The van der Waals surface area contributed by atoms with Gasteiger partial charge in [0.15, 0.2) is 16.7 Å². The molecule has 3 rings (SSSR count). The number of carbonyl (C=O) groups is 2. The summed E-state index contributed by atoms with van der Waals surface area (Å²) in [7, 11) is 0. The Morgan fingerprint density at radius 1 is 1.35 bits per heavy atom. The van der Waals surface area contributed by atoms with Crippen LogP contribution in [0.1, 0.15) is 12.5 Å². The van der Waals surface area contributed by atoms with Crippen LogP contribution in [-0.4, -0.2) is 47.1 Å². The molecule has 0 fully saturated rings. The molecule has 1 amide bonds. The maximum atomic E-state index is 11.8. The highest BCUT2D eigenvalue weighted by atomic mass is 32.2. The van der Waals surface area contributed by atoms with Gasteiger partial charge in [-0.3, -0.25) is 9.59 Å². The number of aromatic nitrogens is 2. The Morgan fingerprint density at radius 3 is 3.04 bits per heavy atom. The molecule has 1 aromatic carbocycles. The Bertz CT molecular complexity index is 792. The number of thioether (sulfide) groups is 1. The van der Waals surface area contributed by atoms with Gasteiger partial charge in [-0.25, -0.2) is 4.98 Å². The second-order valence-electron chi connectivity index (χ2n) is 5.40. The third-order valence-corrected chi connectivity index (χ3v) is 4.54. The maximum Gasteiger partial charge on any atom is 0.325 e. The van der Waals surface area contributed by atoms with E-state index in [4.69, 9.17) is 14.2 Å². The summed E-state index contributed by atoms with van der Waals surface area (Å²) in [5, 5.41) is 3.24. The number of esters is 1. The van der Waals surface area contributed by atoms with Gasteiger partial charge in [0.25, 0.3) is 0 Å². The van der Waals surface area contributed by atoms with Crippen molar-refractivity contribution in [3.05, 3.63) is 36.2 Å². The molecular formula is C17H19N3O5S. The molecule has 0 atom stereocenters. The van der Waals surface area contributed by atoms with Crippen LogP contribution in [0.25, 0.3) is 0 Å². The van der Waals surface area contributed by atoms with Crippen LogP contribution in [0.4, 0.5) is 0 Å². The van der Waals surface area contributed by atoms with Gasteiger partial charge in [0.05, 0.1) is 12.4 Å². The van der Waals surface area contributed by atoms with E-state index in [9.17, 15) is 9.59 Å². The molecule has 1 aromatic heterocycles. The molecule has 0 spiro atoms. The molecule has 138 valence electrons. The summed E-state index contributed by atoms with van der Waals surface area (Å²) in [6.07, 6.45) is 3.54. The summed E-state index contributed by atoms with van der Waals surface area (Å²) < 4.78 is 17.4. The van der Waals surface area contributed by atoms with Gasteiger partial charge in [0.2, 0.25) is 12.7 Å². The van der Waals surface area contributed by atoms with E-state index in [1.54, 1.807) is 13.1 Å². The lowest BCUT2D eigenvalue weighted by Crippen LogP contribution is -2.31. The quantitative estimate of drug-likeness (QED) is 0.550. The average molecular weight is 377 g/mol. The fourth-order valence-electron chi connectivity index (χ4n) is 2.36. The van der Waals surface area contributed by atoms with E-state index in [0.717, 1.165) is 17.1 Å². The number of hydrogen-bond acceptors (Lipinski definition) is 7. The minimum Gasteiger partial charge on any atom is -0.465 e. The molecule has 1 aliphatic heterocycles. The minimum atomic E-state index is -0.449. The van der Waals surface area contributed by atoms with E-state index in [0.29, 0.717) is 18.3 Å². The molecule has 0 saturated carbocycles. The molecule has 26 heavy (non-hydrogen) atoms. The number of hydrogen-bond donors (Lipinski definition) is 1. The van der Waals surface area contributed by atoms with Crippen molar-refractivity contribution in [3.8, 4) is 11.5 Å². The Hall–Kier alpha value is -2.68. The summed E-state index contributed by atoms with van der Waals surface area (Å²) in [4.78, 5) is 27.4. The maximum absolute atomic E-state index is 11.8. The number of amides is 1. The van der Waals surface area contributed by atoms with Gasteiger partial charge in [-0.1, -0.05) is 17.8 Å². The zero-order chi connectivity index (χ0) is 18.4. The summed E-state index contributed by atoms with van der Waals surface area (Å²) in [6.45, 7) is 2.73. The van der Waals surface area contributed by atoms with Crippen LogP contribution < -0.4 is 14.8 Å². The summed E-state index contributed by atoms with van der Waals surface area (Å²) in [5.41, 5.74) is 1.04. The van der Waals surface area contributed by atoms with Crippen molar-refractivity contribution in [3.63, 3.8) is 0 Å². The standard InChI is InChI=1S/C17H19N3O5S/c1-2-23-16(22)8-19-15(21)10-26-17-18-5-6-20(17)9-12-3-4-13-14(7-12)25-11-24-13/h3-7H,2,8-11H2,1H3,(H,19,21). The molecule has 8 nitrogen and oxygen atoms in total. The molecule has 0 saturated heterocycles. The first-order chi connectivity index (χ1) is 12.7. The molecule has 2 aromatic rings. The topological polar surface area (TPSA) is 91.7 Å². The highest BCUT2D eigenvalue weighted by Gasteiger charge is 2.14. The van der Waals surface area contributed by atoms with Crippen molar-refractivity contribution in [2.45, 2.75) is 18.6 Å². The summed E-state index contributed by atoms with van der Waals surface area (Å²) in [5.74, 6) is 0.940. The molecule has 9 heteroatoms. The highest BCUT2D eigenvalue weighted by molar-refractivity contribution is 7.99. The van der Waals surface area contributed by atoms with Crippen molar-refractivity contribution in [1.82, 2.24) is 14.9 Å². The first kappa shape index (κ1) is 18.1. The smallest absolute Gasteiger partial charge is 0.325 e. The lowest BCUT2D eigenvalue weighted by Gasteiger charge is -2.09. The highest BCUT2D eigenvalue weighted by Crippen LogP contribution is 2.32. The van der Waals surface area contributed by atoms with E-state index in [1.807, 2.05) is 29.0 Å². The molecule has 0 unspecified atom stereocenters. The first-order valence-electron chi connectivity index (χ1n) is 8.10. The van der Waals surface area contributed by atoms with E-state index in [2.05, 4.69) is 10.3 Å². The zero-order valence-electron chi connectivity index (χ0n) is 14.3. The van der Waals surface area contributed by atoms with E-state index >= 15 is 0 Å². The molecule has 0 aliphatic carbocycles. The molecular weight excluding hydrogens is 358 g/mol. The SMILES string of the molecule is CCOC(=O)CNC(=O)CSc1nccn1Cc1ccc2c(c1)OCO2. The Kier molecular flexibility index (Phi) is 6.00. The summed E-state index contributed by atoms with van der Waals surface area (Å²) >= 11 is 1.30. The second-order valence-corrected chi connectivity index (χ2v) is 6.34. The number of imidazole rings is 1. The normalized spacial score (nSPS) is 12.0. The van der Waals surface area contributed by atoms with Crippen LogP contribution in [0.5, 0.6) is 11.5 Å². The van der Waals surface area contributed by atoms with Gasteiger partial charge < -0.3 is 24.1 Å². The number of benzene rings is 1. The number of nitrogens with zero attached hydrogens (tertiary/aromatic N) is 2. The third kappa shape index (κ3) is 4.69. The van der Waals surface area contributed by atoms with E-state index in [-0.39, 0.29) is 25.0 Å². The van der Waals surface area contributed by atoms with E-state index in [1.165, 1.54) is 11.8 Å². The largest absolute Gasteiger partial charge is 0.465 e. The number of rotatable bonds is 8. The lowest BCUT2D eigenvalue weighted by atomic mass is 10.2. The lowest BCUT2D eigenvalue weighted by molar-refractivity contribution is -0.143. The number of carbonyl (C=O) groups excluding carboxylic acids is 2. The van der Waals surface area contributed by atoms with Gasteiger partial charge in [0.1, 0.15) is 6.54 Å². The van der Waals surface area contributed by atoms with Gasteiger partial charge >= 0.3 is 5.97 Å².